The van der Waals surface area contributed by atoms with Crippen LogP contribution in [0.4, 0.5) is 8.78 Å². The molecule has 2 aromatic carbocycles. The number of hydrogen-bond donors (Lipinski definition) is 1. The second-order valence-electron chi connectivity index (χ2n) is 7.28. The van der Waals surface area contributed by atoms with Gasteiger partial charge in [-0.15, -0.1) is 5.10 Å². The third-order valence-corrected chi connectivity index (χ3v) is 4.93. The van der Waals surface area contributed by atoms with Crippen molar-refractivity contribution in [2.75, 3.05) is 0 Å². The Morgan fingerprint density at radius 1 is 1.16 bits per heavy atom. The van der Waals surface area contributed by atoms with Gasteiger partial charge in [0.1, 0.15) is 5.82 Å². The van der Waals surface area contributed by atoms with Gasteiger partial charge in [-0.25, -0.2) is 14.5 Å². The van der Waals surface area contributed by atoms with E-state index in [9.17, 15) is 18.7 Å². The molecule has 7 heteroatoms. The number of nitrogens with zero attached hydrogens (tertiary/aromatic N) is 3. The molecule has 31 heavy (non-hydrogen) atoms. The number of aromatic carboxylic acids is 1. The van der Waals surface area contributed by atoms with E-state index in [-0.39, 0.29) is 12.0 Å². The van der Waals surface area contributed by atoms with Crippen LogP contribution >= 0.6 is 0 Å². The van der Waals surface area contributed by atoms with Crippen LogP contribution in [0.1, 0.15) is 54.3 Å². The van der Waals surface area contributed by atoms with Crippen molar-refractivity contribution < 1.29 is 18.7 Å². The van der Waals surface area contributed by atoms with E-state index in [1.54, 1.807) is 31.2 Å². The number of carboxylic acid groups (broad SMARTS) is 1. The van der Waals surface area contributed by atoms with Gasteiger partial charge >= 0.3 is 11.9 Å². The molecule has 0 aliphatic rings. The van der Waals surface area contributed by atoms with Crippen LogP contribution in [0.5, 0.6) is 0 Å². The maximum atomic E-state index is 14.4. The highest BCUT2D eigenvalue weighted by Crippen LogP contribution is 2.31. The third-order valence-electron chi connectivity index (χ3n) is 4.93. The molecule has 0 atom stereocenters. The average molecular weight is 425 g/mol. The number of hydrogen-bond acceptors (Lipinski definition) is 3. The van der Waals surface area contributed by atoms with Gasteiger partial charge < -0.3 is 5.11 Å². The monoisotopic (exact) mass is 425 g/mol. The van der Waals surface area contributed by atoms with Gasteiger partial charge in [0.15, 0.2) is 0 Å². The predicted octanol–water partition coefficient (Wildman–Crippen LogP) is 5.70. The summed E-state index contributed by atoms with van der Waals surface area (Å²) in [5.74, 6) is -4.02. The predicted molar refractivity (Wildman–Crippen MR) is 115 cm³/mol. The van der Waals surface area contributed by atoms with Gasteiger partial charge in [0, 0.05) is 12.8 Å². The molecule has 162 valence electrons. The molecule has 5 nitrogen and oxygen atoms in total. The summed E-state index contributed by atoms with van der Waals surface area (Å²) in [4.78, 5) is 15.6. The molecule has 0 saturated heterocycles. The number of allylic oxidation sites excluding steroid dienone is 2. The standard InChI is InChI=1S/C24H25F2N3O2/c1-3-5-10-21-27-23(24(25,26)15-4-2)28-29(21)16-17-11-13-18(14-12-17)19-8-6-7-9-20(19)22(30)31/h3,5-9,11-14H,4,10,15-16H2,1-2H3,(H,30,31). The van der Waals surface area contributed by atoms with Crippen LogP contribution in [0.25, 0.3) is 11.1 Å². The summed E-state index contributed by atoms with van der Waals surface area (Å²) in [6.07, 6.45) is 4.16. The molecular weight excluding hydrogens is 400 g/mol. The van der Waals surface area contributed by atoms with Gasteiger partial charge in [0.05, 0.1) is 12.1 Å². The first kappa shape index (κ1) is 22.3. The smallest absolute Gasteiger partial charge is 0.336 e. The Kier molecular flexibility index (Phi) is 6.95. The first-order valence-corrected chi connectivity index (χ1v) is 10.2. The van der Waals surface area contributed by atoms with Crippen molar-refractivity contribution in [2.45, 2.75) is 45.6 Å². The SMILES string of the molecule is CC=CCc1nc(C(F)(F)CCC)nn1Cc1ccc(-c2ccccc2C(=O)O)cc1. The largest absolute Gasteiger partial charge is 0.478 e. The Morgan fingerprint density at radius 2 is 1.87 bits per heavy atom. The summed E-state index contributed by atoms with van der Waals surface area (Å²) in [5, 5.41) is 13.5. The van der Waals surface area contributed by atoms with Crippen molar-refractivity contribution in [3.63, 3.8) is 0 Å². The highest BCUT2D eigenvalue weighted by atomic mass is 19.3. The lowest BCUT2D eigenvalue weighted by Gasteiger charge is -2.10. The minimum Gasteiger partial charge on any atom is -0.478 e. The average Bonchev–Trinajstić information content (AvgIpc) is 3.16. The highest BCUT2D eigenvalue weighted by Gasteiger charge is 2.36. The van der Waals surface area contributed by atoms with E-state index in [0.717, 1.165) is 11.1 Å². The van der Waals surface area contributed by atoms with Crippen molar-refractivity contribution in [3.05, 3.63) is 83.5 Å². The van der Waals surface area contributed by atoms with Gasteiger partial charge in [-0.1, -0.05) is 61.5 Å². The molecule has 3 aromatic rings. The fourth-order valence-corrected chi connectivity index (χ4v) is 3.34. The number of rotatable bonds is 9. The lowest BCUT2D eigenvalue weighted by Crippen LogP contribution is -2.15. The van der Waals surface area contributed by atoms with E-state index in [0.29, 0.717) is 30.8 Å². The zero-order valence-corrected chi connectivity index (χ0v) is 17.6. The van der Waals surface area contributed by atoms with E-state index >= 15 is 0 Å². The van der Waals surface area contributed by atoms with Crippen LogP contribution in [-0.4, -0.2) is 25.8 Å². The zero-order chi connectivity index (χ0) is 22.4. The number of benzene rings is 2. The molecule has 1 aromatic heterocycles. The maximum absolute atomic E-state index is 14.4. The topological polar surface area (TPSA) is 68.0 Å². The Labute approximate surface area is 180 Å². The summed E-state index contributed by atoms with van der Waals surface area (Å²) in [6, 6.07) is 14.1. The van der Waals surface area contributed by atoms with Crippen LogP contribution in [-0.2, 0) is 18.9 Å². The Morgan fingerprint density at radius 3 is 2.52 bits per heavy atom. The molecular formula is C24H25F2N3O2. The molecule has 3 rings (SSSR count). The van der Waals surface area contributed by atoms with Crippen molar-refractivity contribution in [1.29, 1.82) is 0 Å². The Balaban J connectivity index is 1.89. The van der Waals surface area contributed by atoms with Gasteiger partial charge in [-0.05, 0) is 36.1 Å². The van der Waals surface area contributed by atoms with Gasteiger partial charge in [-0.3, -0.25) is 0 Å². The molecule has 0 spiro atoms. The van der Waals surface area contributed by atoms with Crippen molar-refractivity contribution >= 4 is 5.97 Å². The first-order chi connectivity index (χ1) is 14.9. The molecule has 1 heterocycles. The fourth-order valence-electron chi connectivity index (χ4n) is 3.34. The van der Waals surface area contributed by atoms with Gasteiger partial charge in [-0.2, -0.15) is 8.78 Å². The molecule has 0 fully saturated rings. The molecule has 0 bridgehead atoms. The third kappa shape index (κ3) is 5.23. The highest BCUT2D eigenvalue weighted by molar-refractivity contribution is 5.95. The molecule has 1 N–H and O–H groups in total. The second kappa shape index (κ2) is 9.64. The minimum absolute atomic E-state index is 0.225. The summed E-state index contributed by atoms with van der Waals surface area (Å²) in [5.41, 5.74) is 2.47. The van der Waals surface area contributed by atoms with Crippen LogP contribution in [0.3, 0.4) is 0 Å². The molecule has 0 aliphatic heterocycles. The van der Waals surface area contributed by atoms with Crippen molar-refractivity contribution in [3.8, 4) is 11.1 Å². The van der Waals surface area contributed by atoms with Crippen molar-refractivity contribution in [2.24, 2.45) is 0 Å². The maximum Gasteiger partial charge on any atom is 0.336 e. The lowest BCUT2D eigenvalue weighted by atomic mass is 9.99. The summed E-state index contributed by atoms with van der Waals surface area (Å²) < 4.78 is 30.2. The summed E-state index contributed by atoms with van der Waals surface area (Å²) in [7, 11) is 0. The normalized spacial score (nSPS) is 11.9. The van der Waals surface area contributed by atoms with Gasteiger partial charge in [0.2, 0.25) is 5.82 Å². The van der Waals surface area contributed by atoms with Crippen LogP contribution in [0, 0.1) is 0 Å². The molecule has 0 unspecified atom stereocenters. The van der Waals surface area contributed by atoms with E-state index in [1.807, 2.05) is 43.3 Å². The number of aromatic nitrogens is 3. The lowest BCUT2D eigenvalue weighted by molar-refractivity contribution is -0.0232. The molecule has 0 aliphatic carbocycles. The summed E-state index contributed by atoms with van der Waals surface area (Å²) >= 11 is 0. The summed E-state index contributed by atoms with van der Waals surface area (Å²) in [6.45, 7) is 3.86. The van der Waals surface area contributed by atoms with Crippen LogP contribution in [0.2, 0.25) is 0 Å². The number of halogens is 2. The van der Waals surface area contributed by atoms with Crippen molar-refractivity contribution in [1.82, 2.24) is 14.8 Å². The van der Waals surface area contributed by atoms with E-state index in [4.69, 9.17) is 0 Å². The van der Waals surface area contributed by atoms with Gasteiger partial charge in [0.25, 0.3) is 0 Å². The Hall–Kier alpha value is -3.35. The Bertz CT molecular complexity index is 1070. The van der Waals surface area contributed by atoms with Crippen LogP contribution < -0.4 is 0 Å². The second-order valence-corrected chi connectivity index (χ2v) is 7.28. The minimum atomic E-state index is -3.06. The fraction of sp³-hybridized carbons (Fsp3) is 0.292. The quantitative estimate of drug-likeness (QED) is 0.447. The van der Waals surface area contributed by atoms with Crippen LogP contribution in [0.15, 0.2) is 60.7 Å². The number of carbonyl (C=O) groups is 1. The number of carboxylic acids is 1. The number of alkyl halides is 2. The zero-order valence-electron chi connectivity index (χ0n) is 17.6. The van der Waals surface area contributed by atoms with E-state index in [1.165, 1.54) is 4.68 Å². The van der Waals surface area contributed by atoms with E-state index in [2.05, 4.69) is 10.1 Å². The first-order valence-electron chi connectivity index (χ1n) is 10.2. The molecule has 0 amide bonds. The van der Waals surface area contributed by atoms with E-state index < -0.39 is 17.7 Å². The molecule has 0 saturated carbocycles. The molecule has 0 radical (unpaired) electrons.